The Morgan fingerprint density at radius 3 is 2.35 bits per heavy atom. The number of nitrogens with zero attached hydrogens (tertiary/aromatic N) is 2. The summed E-state index contributed by atoms with van der Waals surface area (Å²) in [5, 5.41) is 20.2. The normalized spacial score (nSPS) is 10.1. The van der Waals surface area contributed by atoms with Crippen LogP contribution in [0.5, 0.6) is 0 Å². The van der Waals surface area contributed by atoms with Gasteiger partial charge in [-0.2, -0.15) is 0 Å². The van der Waals surface area contributed by atoms with Gasteiger partial charge in [0, 0.05) is 18.0 Å². The van der Waals surface area contributed by atoms with E-state index in [0.717, 1.165) is 0 Å². The van der Waals surface area contributed by atoms with Crippen LogP contribution in [0.25, 0.3) is 0 Å². The van der Waals surface area contributed by atoms with Crippen LogP contribution in [0, 0.1) is 0 Å². The molecule has 0 aliphatic rings. The maximum atomic E-state index is 12.0. The minimum absolute atomic E-state index is 0.115. The lowest BCUT2D eigenvalue weighted by Crippen LogP contribution is -2.17. The summed E-state index contributed by atoms with van der Waals surface area (Å²) < 4.78 is 0. The first-order valence-corrected chi connectivity index (χ1v) is 5.67. The van der Waals surface area contributed by atoms with Crippen molar-refractivity contribution < 1.29 is 19.8 Å². The van der Waals surface area contributed by atoms with Gasteiger partial charge in [0.25, 0.3) is 5.91 Å². The van der Waals surface area contributed by atoms with Crippen molar-refractivity contribution in [3.05, 3.63) is 53.5 Å². The van der Waals surface area contributed by atoms with E-state index in [0.29, 0.717) is 11.1 Å². The molecule has 0 aliphatic heterocycles. The van der Waals surface area contributed by atoms with Crippen LogP contribution in [0.4, 0.5) is 5.82 Å². The van der Waals surface area contributed by atoms with Crippen LogP contribution >= 0.6 is 0 Å². The van der Waals surface area contributed by atoms with Crippen LogP contribution in [0.2, 0.25) is 0 Å². The summed E-state index contributed by atoms with van der Waals surface area (Å²) in [6.45, 7) is -0.116. The lowest BCUT2D eigenvalue weighted by Gasteiger charge is -2.06. The summed E-state index contributed by atoms with van der Waals surface area (Å²) in [5.74, 6) is -1.89. The second-order valence-electron chi connectivity index (χ2n) is 3.87. The molecule has 102 valence electrons. The second-order valence-corrected chi connectivity index (χ2v) is 3.87. The number of hydrogen-bond acceptors (Lipinski definition) is 5. The Morgan fingerprint density at radius 2 is 1.75 bits per heavy atom. The van der Waals surface area contributed by atoms with Crippen molar-refractivity contribution in [2.75, 3.05) is 5.32 Å². The minimum atomic E-state index is -1.27. The van der Waals surface area contributed by atoms with Crippen molar-refractivity contribution in [3.8, 4) is 0 Å². The summed E-state index contributed by atoms with van der Waals surface area (Å²) >= 11 is 0. The van der Waals surface area contributed by atoms with E-state index in [1.807, 2.05) is 0 Å². The van der Waals surface area contributed by atoms with Gasteiger partial charge in [0.05, 0.1) is 6.61 Å². The quantitative estimate of drug-likeness (QED) is 0.763. The molecule has 0 saturated heterocycles. The number of aliphatic hydroxyl groups is 1. The van der Waals surface area contributed by atoms with E-state index in [9.17, 15) is 9.59 Å². The average Bonchev–Trinajstić information content (AvgIpc) is 2.47. The van der Waals surface area contributed by atoms with E-state index in [1.54, 1.807) is 12.1 Å². The zero-order valence-corrected chi connectivity index (χ0v) is 10.3. The Hall–Kier alpha value is -2.80. The van der Waals surface area contributed by atoms with Crippen molar-refractivity contribution in [1.82, 2.24) is 9.97 Å². The predicted molar refractivity (Wildman–Crippen MR) is 69.3 cm³/mol. The largest absolute Gasteiger partial charge is 0.476 e. The van der Waals surface area contributed by atoms with Crippen molar-refractivity contribution >= 4 is 17.7 Å². The van der Waals surface area contributed by atoms with Gasteiger partial charge >= 0.3 is 5.97 Å². The molecule has 2 aromatic rings. The summed E-state index contributed by atoms with van der Waals surface area (Å²) in [6.07, 6.45) is 2.52. The van der Waals surface area contributed by atoms with Crippen molar-refractivity contribution in [2.24, 2.45) is 0 Å². The number of carboxylic acid groups (broad SMARTS) is 1. The molecule has 7 heteroatoms. The lowest BCUT2D eigenvalue weighted by molar-refractivity contribution is 0.0691. The van der Waals surface area contributed by atoms with E-state index >= 15 is 0 Å². The monoisotopic (exact) mass is 273 g/mol. The number of carboxylic acids is 1. The standard InChI is InChI=1S/C13H11N3O4/c17-7-8-1-3-9(4-2-8)12(18)16-11-10(13(19)20)14-5-6-15-11/h1-6,17H,7H2,(H,19,20)(H,15,16,18). The Bertz CT molecular complexity index is 640. The highest BCUT2D eigenvalue weighted by molar-refractivity contribution is 6.06. The molecule has 7 nitrogen and oxygen atoms in total. The Balaban J connectivity index is 2.21. The molecule has 0 spiro atoms. The molecule has 0 bridgehead atoms. The first-order valence-electron chi connectivity index (χ1n) is 5.67. The first-order chi connectivity index (χ1) is 9.61. The van der Waals surface area contributed by atoms with E-state index in [1.165, 1.54) is 24.5 Å². The number of carbonyl (C=O) groups excluding carboxylic acids is 1. The van der Waals surface area contributed by atoms with Crippen molar-refractivity contribution in [3.63, 3.8) is 0 Å². The number of aromatic carboxylic acids is 1. The first kappa shape index (κ1) is 13.6. The summed E-state index contributed by atoms with van der Waals surface area (Å²) in [5.41, 5.74) is 0.671. The fourth-order valence-electron chi connectivity index (χ4n) is 1.53. The third kappa shape index (κ3) is 2.96. The number of carbonyl (C=O) groups is 2. The van der Waals surface area contributed by atoms with E-state index in [4.69, 9.17) is 10.2 Å². The molecule has 1 amide bonds. The molecule has 0 saturated carbocycles. The molecule has 1 heterocycles. The van der Waals surface area contributed by atoms with E-state index in [-0.39, 0.29) is 18.1 Å². The Morgan fingerprint density at radius 1 is 1.10 bits per heavy atom. The fourth-order valence-corrected chi connectivity index (χ4v) is 1.53. The highest BCUT2D eigenvalue weighted by Crippen LogP contribution is 2.11. The Kier molecular flexibility index (Phi) is 4.02. The maximum absolute atomic E-state index is 12.0. The van der Waals surface area contributed by atoms with Crippen LogP contribution in [0.15, 0.2) is 36.7 Å². The zero-order chi connectivity index (χ0) is 14.5. The van der Waals surface area contributed by atoms with Gasteiger partial charge in [-0.3, -0.25) is 4.79 Å². The van der Waals surface area contributed by atoms with Gasteiger partial charge in [0.2, 0.25) is 0 Å². The number of benzene rings is 1. The maximum Gasteiger partial charge on any atom is 0.358 e. The van der Waals surface area contributed by atoms with Crippen molar-refractivity contribution in [2.45, 2.75) is 6.61 Å². The van der Waals surface area contributed by atoms with Gasteiger partial charge in [0.15, 0.2) is 11.5 Å². The van der Waals surface area contributed by atoms with Gasteiger partial charge in [-0.15, -0.1) is 0 Å². The molecule has 0 atom stereocenters. The molecule has 0 radical (unpaired) electrons. The average molecular weight is 273 g/mol. The molecular formula is C13H11N3O4. The van der Waals surface area contributed by atoms with Gasteiger partial charge in [0.1, 0.15) is 0 Å². The number of hydrogen-bond donors (Lipinski definition) is 3. The fraction of sp³-hybridized carbons (Fsp3) is 0.0769. The molecule has 1 aromatic heterocycles. The number of rotatable bonds is 4. The highest BCUT2D eigenvalue weighted by atomic mass is 16.4. The highest BCUT2D eigenvalue weighted by Gasteiger charge is 2.15. The lowest BCUT2D eigenvalue weighted by atomic mass is 10.1. The van der Waals surface area contributed by atoms with Crippen LogP contribution in [0.1, 0.15) is 26.4 Å². The van der Waals surface area contributed by atoms with Crippen LogP contribution in [-0.2, 0) is 6.61 Å². The van der Waals surface area contributed by atoms with E-state index < -0.39 is 11.9 Å². The molecule has 3 N–H and O–H groups in total. The minimum Gasteiger partial charge on any atom is -0.476 e. The smallest absolute Gasteiger partial charge is 0.358 e. The molecule has 20 heavy (non-hydrogen) atoms. The molecule has 1 aromatic carbocycles. The molecule has 2 rings (SSSR count). The van der Waals surface area contributed by atoms with Crippen molar-refractivity contribution in [1.29, 1.82) is 0 Å². The number of aromatic nitrogens is 2. The van der Waals surface area contributed by atoms with E-state index in [2.05, 4.69) is 15.3 Å². The number of amides is 1. The van der Waals surface area contributed by atoms with Crippen LogP contribution < -0.4 is 5.32 Å². The van der Waals surface area contributed by atoms with Gasteiger partial charge in [-0.25, -0.2) is 14.8 Å². The van der Waals surface area contributed by atoms with Gasteiger partial charge in [-0.05, 0) is 17.7 Å². The number of anilines is 1. The van der Waals surface area contributed by atoms with Gasteiger partial charge < -0.3 is 15.5 Å². The zero-order valence-electron chi connectivity index (χ0n) is 10.3. The topological polar surface area (TPSA) is 112 Å². The SMILES string of the molecule is O=C(Nc1nccnc1C(=O)O)c1ccc(CO)cc1. The third-order valence-electron chi connectivity index (χ3n) is 2.53. The second kappa shape index (κ2) is 5.89. The number of aliphatic hydroxyl groups excluding tert-OH is 1. The summed E-state index contributed by atoms with van der Waals surface area (Å²) in [6, 6.07) is 6.25. The number of nitrogens with one attached hydrogen (secondary N) is 1. The molecule has 0 fully saturated rings. The third-order valence-corrected chi connectivity index (χ3v) is 2.53. The predicted octanol–water partition coefficient (Wildman–Crippen LogP) is 0.919. The Labute approximate surface area is 113 Å². The van der Waals surface area contributed by atoms with Crippen LogP contribution in [0.3, 0.4) is 0 Å². The molecular weight excluding hydrogens is 262 g/mol. The van der Waals surface area contributed by atoms with Gasteiger partial charge in [-0.1, -0.05) is 12.1 Å². The summed E-state index contributed by atoms with van der Waals surface area (Å²) in [7, 11) is 0. The summed E-state index contributed by atoms with van der Waals surface area (Å²) in [4.78, 5) is 30.3. The molecule has 0 aliphatic carbocycles. The van der Waals surface area contributed by atoms with Crippen LogP contribution in [-0.4, -0.2) is 32.1 Å². The molecule has 0 unspecified atom stereocenters.